The first-order chi connectivity index (χ1) is 9.31. The van der Waals surface area contributed by atoms with Crippen LogP contribution in [-0.4, -0.2) is 37.2 Å². The molecule has 0 saturated carbocycles. The second-order valence-electron chi connectivity index (χ2n) is 4.40. The Kier molecular flexibility index (Phi) is 5.66. The highest BCUT2D eigenvalue weighted by molar-refractivity contribution is 7.89. The monoisotopic (exact) mass is 304 g/mol. The predicted molar refractivity (Wildman–Crippen MR) is 75.3 cm³/mol. The number of sulfonamides is 1. The molecule has 2 N–H and O–H groups in total. The maximum absolute atomic E-state index is 12.0. The Balaban J connectivity index is 2.94. The lowest BCUT2D eigenvalue weighted by Crippen LogP contribution is -2.42. The summed E-state index contributed by atoms with van der Waals surface area (Å²) in [6, 6.07) is 0. The molecule has 20 heavy (non-hydrogen) atoms. The number of nitrogens with zero attached hydrogens (tertiary/aromatic N) is 2. The Hall–Kier alpha value is -1.45. The van der Waals surface area contributed by atoms with Gasteiger partial charge in [-0.3, -0.25) is 9.36 Å². The van der Waals surface area contributed by atoms with Gasteiger partial charge in [0.2, 0.25) is 10.0 Å². The van der Waals surface area contributed by atoms with Gasteiger partial charge in [-0.2, -0.15) is 0 Å². The van der Waals surface area contributed by atoms with Crippen LogP contribution < -0.4 is 21.3 Å². The van der Waals surface area contributed by atoms with Crippen molar-refractivity contribution in [3.05, 3.63) is 27.0 Å². The van der Waals surface area contributed by atoms with E-state index in [1.54, 1.807) is 0 Å². The van der Waals surface area contributed by atoms with E-state index in [-0.39, 0.29) is 6.54 Å². The molecule has 0 aliphatic carbocycles. The molecule has 0 aliphatic rings. The number of aryl methyl sites for hydroxylation is 1. The Bertz CT molecular complexity index is 675. The van der Waals surface area contributed by atoms with E-state index in [1.165, 1.54) is 14.1 Å². The van der Waals surface area contributed by atoms with Crippen molar-refractivity contribution < 1.29 is 8.42 Å². The van der Waals surface area contributed by atoms with E-state index in [4.69, 9.17) is 0 Å². The summed E-state index contributed by atoms with van der Waals surface area (Å²) in [6.45, 7) is 3.45. The number of rotatable bonds is 7. The minimum Gasteiger partial charge on any atom is -0.315 e. The van der Waals surface area contributed by atoms with E-state index < -0.39 is 26.2 Å². The molecule has 1 aromatic heterocycles. The van der Waals surface area contributed by atoms with Crippen molar-refractivity contribution in [2.45, 2.75) is 18.2 Å². The SMILES string of the molecule is CCCNCCNS(=O)(=O)c1cn(C)c(=O)n(C)c1=O. The fourth-order valence-electron chi connectivity index (χ4n) is 1.61. The summed E-state index contributed by atoms with van der Waals surface area (Å²) < 4.78 is 28.2. The summed E-state index contributed by atoms with van der Waals surface area (Å²) in [4.78, 5) is 22.9. The fourth-order valence-corrected chi connectivity index (χ4v) is 2.80. The number of aromatic nitrogens is 2. The molecule has 8 nitrogen and oxygen atoms in total. The molecular formula is C11H20N4O4S. The van der Waals surface area contributed by atoms with Gasteiger partial charge >= 0.3 is 5.69 Å². The standard InChI is InChI=1S/C11H20N4O4S/c1-4-5-12-6-7-13-20(18,19)9-8-14(2)11(17)15(3)10(9)16/h8,12-13H,4-7H2,1-3H3. The smallest absolute Gasteiger partial charge is 0.315 e. The normalized spacial score (nSPS) is 11.8. The number of nitrogens with one attached hydrogen (secondary N) is 2. The zero-order chi connectivity index (χ0) is 15.3. The largest absolute Gasteiger partial charge is 0.330 e. The third kappa shape index (κ3) is 3.78. The van der Waals surface area contributed by atoms with Gasteiger partial charge in [-0.1, -0.05) is 6.92 Å². The van der Waals surface area contributed by atoms with E-state index in [2.05, 4.69) is 10.0 Å². The molecule has 0 amide bonds. The van der Waals surface area contributed by atoms with Crippen LogP contribution in [-0.2, 0) is 24.1 Å². The van der Waals surface area contributed by atoms with Gasteiger partial charge in [0, 0.05) is 33.4 Å². The van der Waals surface area contributed by atoms with Gasteiger partial charge in [0.1, 0.15) is 0 Å². The minimum atomic E-state index is -3.92. The van der Waals surface area contributed by atoms with Crippen LogP contribution in [0.15, 0.2) is 20.7 Å². The average Bonchev–Trinajstić information content (AvgIpc) is 2.40. The summed E-state index contributed by atoms with van der Waals surface area (Å²) in [7, 11) is -1.29. The molecule has 1 rings (SSSR count). The Morgan fingerprint density at radius 1 is 1.15 bits per heavy atom. The second-order valence-corrected chi connectivity index (χ2v) is 6.13. The predicted octanol–water partition coefficient (Wildman–Crippen LogP) is -1.64. The lowest BCUT2D eigenvalue weighted by Gasteiger charge is -2.09. The van der Waals surface area contributed by atoms with Gasteiger partial charge in [-0.15, -0.1) is 0 Å². The highest BCUT2D eigenvalue weighted by atomic mass is 32.2. The van der Waals surface area contributed by atoms with Gasteiger partial charge in [-0.05, 0) is 13.0 Å². The zero-order valence-corrected chi connectivity index (χ0v) is 12.7. The lowest BCUT2D eigenvalue weighted by atomic mass is 10.5. The van der Waals surface area contributed by atoms with Crippen molar-refractivity contribution in [3.8, 4) is 0 Å². The molecule has 0 atom stereocenters. The molecule has 0 saturated heterocycles. The van der Waals surface area contributed by atoms with Crippen LogP contribution in [0.3, 0.4) is 0 Å². The molecule has 114 valence electrons. The van der Waals surface area contributed by atoms with Crippen LogP contribution >= 0.6 is 0 Å². The molecule has 1 heterocycles. The lowest BCUT2D eigenvalue weighted by molar-refractivity contribution is 0.566. The van der Waals surface area contributed by atoms with Crippen molar-refractivity contribution in [2.75, 3.05) is 19.6 Å². The number of hydrogen-bond donors (Lipinski definition) is 2. The van der Waals surface area contributed by atoms with E-state index in [0.29, 0.717) is 6.54 Å². The average molecular weight is 304 g/mol. The number of hydrogen-bond acceptors (Lipinski definition) is 5. The van der Waals surface area contributed by atoms with Gasteiger partial charge in [0.05, 0.1) is 0 Å². The van der Waals surface area contributed by atoms with E-state index in [9.17, 15) is 18.0 Å². The minimum absolute atomic E-state index is 0.175. The molecule has 0 unspecified atom stereocenters. The van der Waals surface area contributed by atoms with Crippen LogP contribution in [0.4, 0.5) is 0 Å². The summed E-state index contributed by atoms with van der Waals surface area (Å²) in [6.07, 6.45) is 1.99. The van der Waals surface area contributed by atoms with Crippen molar-refractivity contribution in [2.24, 2.45) is 14.1 Å². The maximum atomic E-state index is 12.0. The highest BCUT2D eigenvalue weighted by Gasteiger charge is 2.20. The third-order valence-corrected chi connectivity index (χ3v) is 4.17. The Morgan fingerprint density at radius 2 is 1.80 bits per heavy atom. The molecule has 1 aromatic rings. The maximum Gasteiger partial charge on any atom is 0.330 e. The van der Waals surface area contributed by atoms with Crippen LogP contribution in [0.1, 0.15) is 13.3 Å². The summed E-state index contributed by atoms with van der Waals surface area (Å²) in [5.41, 5.74) is -1.40. The molecule has 0 spiro atoms. The molecular weight excluding hydrogens is 284 g/mol. The second kappa shape index (κ2) is 6.82. The highest BCUT2D eigenvalue weighted by Crippen LogP contribution is 1.98. The van der Waals surface area contributed by atoms with E-state index in [1.807, 2.05) is 6.92 Å². The Morgan fingerprint density at radius 3 is 2.40 bits per heavy atom. The van der Waals surface area contributed by atoms with E-state index >= 15 is 0 Å². The van der Waals surface area contributed by atoms with Crippen molar-refractivity contribution in [1.82, 2.24) is 19.2 Å². The molecule has 0 radical (unpaired) electrons. The first kappa shape index (κ1) is 16.6. The van der Waals surface area contributed by atoms with Crippen molar-refractivity contribution in [3.63, 3.8) is 0 Å². The van der Waals surface area contributed by atoms with Gasteiger partial charge in [-0.25, -0.2) is 17.9 Å². The van der Waals surface area contributed by atoms with Crippen molar-refractivity contribution in [1.29, 1.82) is 0 Å². The Labute approximate surface area is 117 Å². The quantitative estimate of drug-likeness (QED) is 0.588. The third-order valence-electron chi connectivity index (χ3n) is 2.73. The molecule has 0 aromatic carbocycles. The van der Waals surface area contributed by atoms with Crippen LogP contribution in [0.2, 0.25) is 0 Å². The summed E-state index contributed by atoms with van der Waals surface area (Å²) >= 11 is 0. The van der Waals surface area contributed by atoms with Crippen molar-refractivity contribution >= 4 is 10.0 Å². The molecule has 0 bridgehead atoms. The molecule has 9 heteroatoms. The summed E-state index contributed by atoms with van der Waals surface area (Å²) in [5.74, 6) is 0. The van der Waals surface area contributed by atoms with Gasteiger partial charge in [0.25, 0.3) is 5.56 Å². The van der Waals surface area contributed by atoms with Crippen LogP contribution in [0.25, 0.3) is 0 Å². The van der Waals surface area contributed by atoms with Crippen LogP contribution in [0.5, 0.6) is 0 Å². The first-order valence-corrected chi connectivity index (χ1v) is 7.76. The van der Waals surface area contributed by atoms with Gasteiger partial charge < -0.3 is 9.88 Å². The van der Waals surface area contributed by atoms with Crippen LogP contribution in [0, 0.1) is 0 Å². The first-order valence-electron chi connectivity index (χ1n) is 6.28. The van der Waals surface area contributed by atoms with Gasteiger partial charge in [0.15, 0.2) is 4.90 Å². The molecule has 0 fully saturated rings. The van der Waals surface area contributed by atoms with E-state index in [0.717, 1.165) is 28.3 Å². The zero-order valence-electron chi connectivity index (χ0n) is 11.8. The summed E-state index contributed by atoms with van der Waals surface area (Å²) in [5, 5.41) is 3.04. The fraction of sp³-hybridized carbons (Fsp3) is 0.636. The molecule has 0 aliphatic heterocycles. The topological polar surface area (TPSA) is 102 Å².